The zero-order valence-electron chi connectivity index (χ0n) is 14.8. The first-order chi connectivity index (χ1) is 11.3. The number of nitrogens with one attached hydrogen (secondary N) is 1. The Balaban J connectivity index is 2.05. The fourth-order valence-corrected chi connectivity index (χ4v) is 2.48. The third kappa shape index (κ3) is 4.44. The summed E-state index contributed by atoms with van der Waals surface area (Å²) in [6.07, 6.45) is -0.877. The number of ether oxygens (including phenoxy) is 1. The summed E-state index contributed by atoms with van der Waals surface area (Å²) in [5, 5.41) is 2.81. The van der Waals surface area contributed by atoms with Gasteiger partial charge in [0.05, 0.1) is 5.56 Å². The van der Waals surface area contributed by atoms with Crippen molar-refractivity contribution in [1.82, 2.24) is 0 Å². The highest BCUT2D eigenvalue weighted by Crippen LogP contribution is 2.17. The normalized spacial score (nSPS) is 11.7. The average molecular weight is 325 g/mol. The summed E-state index contributed by atoms with van der Waals surface area (Å²) in [5.74, 6) is -0.841. The molecule has 4 nitrogen and oxygen atoms in total. The van der Waals surface area contributed by atoms with E-state index in [4.69, 9.17) is 4.74 Å². The van der Waals surface area contributed by atoms with Crippen LogP contribution in [-0.2, 0) is 9.53 Å². The number of esters is 1. The maximum Gasteiger partial charge on any atom is 0.338 e. The van der Waals surface area contributed by atoms with Gasteiger partial charge >= 0.3 is 5.97 Å². The Labute approximate surface area is 142 Å². The van der Waals surface area contributed by atoms with Gasteiger partial charge in [-0.3, -0.25) is 4.79 Å². The van der Waals surface area contributed by atoms with Gasteiger partial charge in [0.2, 0.25) is 0 Å². The Morgan fingerprint density at radius 3 is 2.17 bits per heavy atom. The molecule has 1 unspecified atom stereocenters. The number of amides is 1. The molecule has 1 amide bonds. The summed E-state index contributed by atoms with van der Waals surface area (Å²) < 4.78 is 5.30. The van der Waals surface area contributed by atoms with Crippen LogP contribution in [0.1, 0.15) is 39.5 Å². The van der Waals surface area contributed by atoms with Crippen LogP contribution < -0.4 is 5.32 Å². The molecule has 2 aromatic rings. The fourth-order valence-electron chi connectivity index (χ4n) is 2.48. The predicted octanol–water partition coefficient (Wildman–Crippen LogP) is 4.10. The van der Waals surface area contributed by atoms with E-state index >= 15 is 0 Å². The molecule has 4 heteroatoms. The number of hydrogen-bond donors (Lipinski definition) is 1. The van der Waals surface area contributed by atoms with Crippen molar-refractivity contribution in [3.8, 4) is 0 Å². The standard InChI is InChI=1S/C20H23NO3/c1-12-6-7-15(4)18(11-12)21-19(22)16(5)24-20(23)17-9-13(2)8-14(3)10-17/h6-11,16H,1-5H3,(H,21,22). The van der Waals surface area contributed by atoms with Crippen LogP contribution in [0.4, 0.5) is 5.69 Å². The number of hydrogen-bond acceptors (Lipinski definition) is 3. The fraction of sp³-hybridized carbons (Fsp3) is 0.300. The summed E-state index contributed by atoms with van der Waals surface area (Å²) in [6.45, 7) is 9.28. The Morgan fingerprint density at radius 2 is 1.54 bits per heavy atom. The van der Waals surface area contributed by atoms with Gasteiger partial charge in [0, 0.05) is 5.69 Å². The Bertz CT molecular complexity index is 760. The molecule has 1 atom stereocenters. The number of aryl methyl sites for hydroxylation is 4. The summed E-state index contributed by atoms with van der Waals surface area (Å²) >= 11 is 0. The van der Waals surface area contributed by atoms with E-state index in [0.717, 1.165) is 27.9 Å². The van der Waals surface area contributed by atoms with Gasteiger partial charge < -0.3 is 10.1 Å². The van der Waals surface area contributed by atoms with Crippen molar-refractivity contribution in [3.63, 3.8) is 0 Å². The molecule has 2 rings (SSSR count). The van der Waals surface area contributed by atoms with Crippen LogP contribution in [0.5, 0.6) is 0 Å². The first kappa shape index (κ1) is 17.7. The summed E-state index contributed by atoms with van der Waals surface area (Å²) in [5.41, 5.74) is 5.16. The predicted molar refractivity (Wildman–Crippen MR) is 95.3 cm³/mol. The molecule has 0 aliphatic heterocycles. The SMILES string of the molecule is Cc1cc(C)cc(C(=O)OC(C)C(=O)Nc2cc(C)ccc2C)c1. The van der Waals surface area contributed by atoms with Crippen molar-refractivity contribution < 1.29 is 14.3 Å². The van der Waals surface area contributed by atoms with Gasteiger partial charge in [0.1, 0.15) is 0 Å². The molecule has 2 aromatic carbocycles. The van der Waals surface area contributed by atoms with Gasteiger partial charge in [-0.05, 0) is 63.9 Å². The second-order valence-electron chi connectivity index (χ2n) is 6.23. The van der Waals surface area contributed by atoms with E-state index in [-0.39, 0.29) is 5.91 Å². The molecule has 24 heavy (non-hydrogen) atoms. The largest absolute Gasteiger partial charge is 0.449 e. The zero-order chi connectivity index (χ0) is 17.9. The number of carbonyl (C=O) groups excluding carboxylic acids is 2. The lowest BCUT2D eigenvalue weighted by Crippen LogP contribution is -2.30. The van der Waals surface area contributed by atoms with Crippen molar-refractivity contribution >= 4 is 17.6 Å². The lowest BCUT2D eigenvalue weighted by Gasteiger charge is -2.15. The van der Waals surface area contributed by atoms with Crippen molar-refractivity contribution in [2.75, 3.05) is 5.32 Å². The smallest absolute Gasteiger partial charge is 0.338 e. The number of benzene rings is 2. The lowest BCUT2D eigenvalue weighted by molar-refractivity contribution is -0.123. The molecule has 126 valence electrons. The summed E-state index contributed by atoms with van der Waals surface area (Å²) in [4.78, 5) is 24.5. The summed E-state index contributed by atoms with van der Waals surface area (Å²) in [7, 11) is 0. The molecule has 0 aliphatic rings. The lowest BCUT2D eigenvalue weighted by atomic mass is 10.1. The minimum atomic E-state index is -0.877. The molecule has 0 aliphatic carbocycles. The van der Waals surface area contributed by atoms with Gasteiger partial charge in [0.15, 0.2) is 6.10 Å². The molecular formula is C20H23NO3. The second kappa shape index (κ2) is 7.30. The monoisotopic (exact) mass is 325 g/mol. The molecule has 0 fully saturated rings. The molecule has 0 bridgehead atoms. The van der Waals surface area contributed by atoms with Crippen molar-refractivity contribution in [2.45, 2.75) is 40.7 Å². The van der Waals surface area contributed by atoms with Gasteiger partial charge in [-0.2, -0.15) is 0 Å². The van der Waals surface area contributed by atoms with E-state index in [1.807, 2.05) is 52.0 Å². The summed E-state index contributed by atoms with van der Waals surface area (Å²) in [6, 6.07) is 11.3. The van der Waals surface area contributed by atoms with Crippen LogP contribution in [0.25, 0.3) is 0 Å². The van der Waals surface area contributed by atoms with Gasteiger partial charge in [-0.25, -0.2) is 4.79 Å². The quantitative estimate of drug-likeness (QED) is 0.861. The average Bonchev–Trinajstić information content (AvgIpc) is 2.49. The molecule has 0 radical (unpaired) electrons. The van der Waals surface area contributed by atoms with Crippen LogP contribution in [0.3, 0.4) is 0 Å². The Kier molecular flexibility index (Phi) is 5.39. The second-order valence-corrected chi connectivity index (χ2v) is 6.23. The third-order valence-electron chi connectivity index (χ3n) is 3.76. The van der Waals surface area contributed by atoms with Crippen LogP contribution >= 0.6 is 0 Å². The molecule has 0 saturated heterocycles. The van der Waals surface area contributed by atoms with Crippen molar-refractivity contribution in [2.24, 2.45) is 0 Å². The molecule has 1 N–H and O–H groups in total. The van der Waals surface area contributed by atoms with Crippen LogP contribution in [-0.4, -0.2) is 18.0 Å². The van der Waals surface area contributed by atoms with Crippen molar-refractivity contribution in [3.05, 3.63) is 64.2 Å². The van der Waals surface area contributed by atoms with E-state index in [2.05, 4.69) is 5.32 Å². The first-order valence-corrected chi connectivity index (χ1v) is 7.93. The maximum atomic E-state index is 12.3. The molecular weight excluding hydrogens is 302 g/mol. The van der Waals surface area contributed by atoms with Crippen LogP contribution in [0.2, 0.25) is 0 Å². The zero-order valence-corrected chi connectivity index (χ0v) is 14.8. The molecule has 0 saturated carbocycles. The van der Waals surface area contributed by atoms with Crippen LogP contribution in [0.15, 0.2) is 36.4 Å². The van der Waals surface area contributed by atoms with Gasteiger partial charge in [-0.15, -0.1) is 0 Å². The van der Waals surface area contributed by atoms with E-state index in [1.165, 1.54) is 0 Å². The maximum absolute atomic E-state index is 12.3. The van der Waals surface area contributed by atoms with E-state index < -0.39 is 12.1 Å². The highest BCUT2D eigenvalue weighted by Gasteiger charge is 2.20. The third-order valence-corrected chi connectivity index (χ3v) is 3.76. The molecule has 0 spiro atoms. The number of anilines is 1. The Morgan fingerprint density at radius 1 is 0.917 bits per heavy atom. The number of carbonyl (C=O) groups is 2. The van der Waals surface area contributed by atoms with Crippen molar-refractivity contribution in [1.29, 1.82) is 0 Å². The topological polar surface area (TPSA) is 55.4 Å². The highest BCUT2D eigenvalue weighted by atomic mass is 16.5. The first-order valence-electron chi connectivity index (χ1n) is 7.93. The minimum absolute atomic E-state index is 0.346. The molecule has 0 aromatic heterocycles. The van der Waals surface area contributed by atoms with E-state index in [9.17, 15) is 9.59 Å². The van der Waals surface area contributed by atoms with Gasteiger partial charge in [-0.1, -0.05) is 29.3 Å². The highest BCUT2D eigenvalue weighted by molar-refractivity contribution is 5.97. The van der Waals surface area contributed by atoms with Crippen LogP contribution in [0, 0.1) is 27.7 Å². The number of rotatable bonds is 4. The minimum Gasteiger partial charge on any atom is -0.449 e. The van der Waals surface area contributed by atoms with E-state index in [0.29, 0.717) is 5.56 Å². The Hall–Kier alpha value is -2.62. The van der Waals surface area contributed by atoms with E-state index in [1.54, 1.807) is 19.1 Å². The molecule has 0 heterocycles. The van der Waals surface area contributed by atoms with Gasteiger partial charge in [0.25, 0.3) is 5.91 Å².